The number of hydrogen-bond donors (Lipinski definition) is 4. The Morgan fingerprint density at radius 1 is 1.36 bits per heavy atom. The van der Waals surface area contributed by atoms with Gasteiger partial charge in [-0.3, -0.25) is 4.40 Å². The van der Waals surface area contributed by atoms with Crippen molar-refractivity contribution in [3.8, 4) is 10.8 Å². The number of anilines is 1. The first-order valence-corrected chi connectivity index (χ1v) is 12.2. The van der Waals surface area contributed by atoms with Gasteiger partial charge in [0.2, 0.25) is 0 Å². The van der Waals surface area contributed by atoms with E-state index in [0.717, 1.165) is 27.4 Å². The van der Waals surface area contributed by atoms with Crippen molar-refractivity contribution < 1.29 is 19.0 Å². The van der Waals surface area contributed by atoms with Crippen molar-refractivity contribution in [1.82, 2.24) is 29.6 Å². The molecule has 1 aliphatic heterocycles. The van der Waals surface area contributed by atoms with Crippen LogP contribution in [-0.4, -0.2) is 66.8 Å². The van der Waals surface area contributed by atoms with Crippen molar-refractivity contribution in [2.75, 3.05) is 24.6 Å². The molecule has 4 heterocycles. The van der Waals surface area contributed by atoms with Crippen LogP contribution in [0.4, 0.5) is 14.5 Å². The smallest absolute Gasteiger partial charge is 0.291 e. The molecule has 1 saturated carbocycles. The standard InChI is InChI=1S/C20H25F2N7O2S2/c1-19(2)10-28(7-11(9-30)24-19)13-5-12(33-27-20(31)3-4-20)8-29-14(13)6-23-16(29)18-26-25-17(32-18)15(21)22/h5-6,8,11,15,24,27,30-31H,3-4,7,9-10H2,1-2H3. The lowest BCUT2D eigenvalue weighted by Gasteiger charge is -2.44. The topological polar surface area (TPSA) is 111 Å². The Morgan fingerprint density at radius 2 is 2.15 bits per heavy atom. The predicted octanol–water partition coefficient (Wildman–Crippen LogP) is 2.42. The number of aromatic nitrogens is 4. The molecular weight excluding hydrogens is 472 g/mol. The van der Waals surface area contributed by atoms with E-state index in [2.05, 4.69) is 44.0 Å². The highest BCUT2D eigenvalue weighted by Gasteiger charge is 2.40. The van der Waals surface area contributed by atoms with Crippen LogP contribution in [0.3, 0.4) is 0 Å². The molecule has 4 N–H and O–H groups in total. The first kappa shape index (κ1) is 22.9. The van der Waals surface area contributed by atoms with E-state index >= 15 is 0 Å². The number of nitrogens with zero attached hydrogens (tertiary/aromatic N) is 5. The van der Waals surface area contributed by atoms with Gasteiger partial charge in [-0.25, -0.2) is 18.5 Å². The molecule has 0 amide bonds. The average molecular weight is 498 g/mol. The minimum atomic E-state index is -2.69. The first-order chi connectivity index (χ1) is 15.7. The van der Waals surface area contributed by atoms with Gasteiger partial charge in [0.1, 0.15) is 5.72 Å². The van der Waals surface area contributed by atoms with Crippen LogP contribution in [0.25, 0.3) is 16.3 Å². The molecule has 3 aromatic heterocycles. The molecule has 0 radical (unpaired) electrons. The van der Waals surface area contributed by atoms with Crippen molar-refractivity contribution in [3.63, 3.8) is 0 Å². The number of rotatable bonds is 7. The molecule has 1 saturated heterocycles. The summed E-state index contributed by atoms with van der Waals surface area (Å²) in [5.41, 5.74) is 0.598. The highest BCUT2D eigenvalue weighted by Crippen LogP contribution is 2.38. The highest BCUT2D eigenvalue weighted by atomic mass is 32.2. The van der Waals surface area contributed by atoms with Crippen LogP contribution >= 0.6 is 23.3 Å². The van der Waals surface area contributed by atoms with Crippen LogP contribution in [0.1, 0.15) is 38.1 Å². The lowest BCUT2D eigenvalue weighted by Crippen LogP contribution is -2.63. The molecule has 1 atom stereocenters. The van der Waals surface area contributed by atoms with Gasteiger partial charge in [-0.2, -0.15) is 0 Å². The third kappa shape index (κ3) is 4.70. The van der Waals surface area contributed by atoms with E-state index in [1.807, 2.05) is 16.7 Å². The van der Waals surface area contributed by atoms with E-state index < -0.39 is 12.2 Å². The normalized spacial score (nSPS) is 21.8. The SMILES string of the molecule is CC1(C)CN(c2cc(SNC3(O)CC3)cn3c(-c4nnc(C(F)F)s4)ncc23)CC(CO)N1. The maximum Gasteiger partial charge on any atom is 0.291 e. The molecule has 13 heteroatoms. The number of alkyl halides is 2. The molecule has 9 nitrogen and oxygen atoms in total. The lowest BCUT2D eigenvalue weighted by atomic mass is 9.98. The summed E-state index contributed by atoms with van der Waals surface area (Å²) in [4.78, 5) is 7.51. The Hall–Kier alpha value is -1.90. The number of nitrogens with one attached hydrogen (secondary N) is 2. The van der Waals surface area contributed by atoms with E-state index in [-0.39, 0.29) is 23.2 Å². The Morgan fingerprint density at radius 3 is 2.82 bits per heavy atom. The summed E-state index contributed by atoms with van der Waals surface area (Å²) in [5.74, 6) is 0.427. The fourth-order valence-corrected chi connectivity index (χ4v) is 5.58. The van der Waals surface area contributed by atoms with Crippen molar-refractivity contribution in [3.05, 3.63) is 23.5 Å². The molecule has 1 unspecified atom stereocenters. The van der Waals surface area contributed by atoms with Crippen LogP contribution in [0.5, 0.6) is 0 Å². The van der Waals surface area contributed by atoms with E-state index in [1.54, 1.807) is 6.20 Å². The molecule has 0 spiro atoms. The fourth-order valence-electron chi connectivity index (χ4n) is 4.05. The summed E-state index contributed by atoms with van der Waals surface area (Å²) in [6.07, 6.45) is 2.25. The van der Waals surface area contributed by atoms with Crippen molar-refractivity contribution >= 4 is 34.5 Å². The fraction of sp³-hybridized carbons (Fsp3) is 0.550. The number of pyridine rings is 1. The number of piperazine rings is 1. The highest BCUT2D eigenvalue weighted by molar-refractivity contribution is 7.97. The summed E-state index contributed by atoms with van der Waals surface area (Å²) >= 11 is 2.13. The molecule has 0 aromatic carbocycles. The number of halogens is 2. The molecule has 2 aliphatic rings. The van der Waals surface area contributed by atoms with Gasteiger partial charge < -0.3 is 20.4 Å². The second-order valence-electron chi connectivity index (χ2n) is 9.17. The maximum absolute atomic E-state index is 13.1. The Balaban J connectivity index is 1.58. The minimum absolute atomic E-state index is 0.00491. The number of fused-ring (bicyclic) bond motifs is 1. The number of imidazole rings is 1. The van der Waals surface area contributed by atoms with E-state index in [0.29, 0.717) is 36.8 Å². The predicted molar refractivity (Wildman–Crippen MR) is 123 cm³/mol. The Bertz CT molecular complexity index is 1160. The third-order valence-electron chi connectivity index (χ3n) is 5.68. The summed E-state index contributed by atoms with van der Waals surface area (Å²) in [6, 6.07) is 1.92. The van der Waals surface area contributed by atoms with Gasteiger partial charge in [-0.1, -0.05) is 11.3 Å². The largest absolute Gasteiger partial charge is 0.395 e. The number of aliphatic hydroxyl groups is 2. The van der Waals surface area contributed by atoms with E-state index in [9.17, 15) is 19.0 Å². The van der Waals surface area contributed by atoms with Crippen LogP contribution in [-0.2, 0) is 0 Å². The number of aliphatic hydroxyl groups excluding tert-OH is 1. The molecule has 0 bridgehead atoms. The third-order valence-corrected chi connectivity index (χ3v) is 7.55. The molecule has 178 valence electrons. The summed E-state index contributed by atoms with van der Waals surface area (Å²) < 4.78 is 31.1. The summed E-state index contributed by atoms with van der Waals surface area (Å²) in [5, 5.41) is 31.0. The van der Waals surface area contributed by atoms with Crippen LogP contribution in [0.15, 0.2) is 23.4 Å². The molecule has 3 aromatic rings. The van der Waals surface area contributed by atoms with Gasteiger partial charge in [0.25, 0.3) is 6.43 Å². The van der Waals surface area contributed by atoms with Gasteiger partial charge in [0.05, 0.1) is 24.0 Å². The lowest BCUT2D eigenvalue weighted by molar-refractivity contribution is 0.142. The van der Waals surface area contributed by atoms with Gasteiger partial charge in [0.15, 0.2) is 15.8 Å². The quantitative estimate of drug-likeness (QED) is 0.289. The van der Waals surface area contributed by atoms with Crippen molar-refractivity contribution in [1.29, 1.82) is 0 Å². The van der Waals surface area contributed by atoms with Gasteiger partial charge in [-0.05, 0) is 44.7 Å². The second kappa shape index (κ2) is 8.40. The zero-order chi connectivity index (χ0) is 23.4. The summed E-state index contributed by atoms with van der Waals surface area (Å²) in [7, 11) is 0. The molecule has 33 heavy (non-hydrogen) atoms. The average Bonchev–Trinajstić information content (AvgIpc) is 3.16. The number of hydrogen-bond acceptors (Lipinski definition) is 10. The van der Waals surface area contributed by atoms with Gasteiger partial charge in [0, 0.05) is 35.8 Å². The zero-order valence-electron chi connectivity index (χ0n) is 18.1. The molecule has 5 rings (SSSR count). The van der Waals surface area contributed by atoms with E-state index in [1.165, 1.54) is 11.9 Å². The minimum Gasteiger partial charge on any atom is -0.395 e. The Kier molecular flexibility index (Phi) is 5.82. The monoisotopic (exact) mass is 497 g/mol. The molecule has 1 aliphatic carbocycles. The van der Waals surface area contributed by atoms with Gasteiger partial charge in [-0.15, -0.1) is 10.2 Å². The maximum atomic E-state index is 13.1. The first-order valence-electron chi connectivity index (χ1n) is 10.6. The van der Waals surface area contributed by atoms with E-state index in [4.69, 9.17) is 0 Å². The second-order valence-corrected chi connectivity index (χ2v) is 11.1. The van der Waals surface area contributed by atoms with Crippen molar-refractivity contribution in [2.24, 2.45) is 0 Å². The molecule has 2 fully saturated rings. The van der Waals surface area contributed by atoms with Crippen molar-refractivity contribution in [2.45, 2.75) is 55.3 Å². The van der Waals surface area contributed by atoms with Crippen LogP contribution in [0.2, 0.25) is 0 Å². The molecular formula is C20H25F2N7O2S2. The van der Waals surface area contributed by atoms with Gasteiger partial charge >= 0.3 is 0 Å². The summed E-state index contributed by atoms with van der Waals surface area (Å²) in [6.45, 7) is 5.45. The van der Waals surface area contributed by atoms with Crippen LogP contribution < -0.4 is 14.9 Å². The van der Waals surface area contributed by atoms with Crippen LogP contribution in [0, 0.1) is 0 Å². The Labute approximate surface area is 197 Å². The zero-order valence-corrected chi connectivity index (χ0v) is 19.8.